The molecule has 106 valence electrons. The molecule has 1 aromatic heterocycles. The van der Waals surface area contributed by atoms with Gasteiger partial charge in [0.15, 0.2) is 0 Å². The number of halogens is 2. The van der Waals surface area contributed by atoms with E-state index in [9.17, 15) is 0 Å². The third-order valence-corrected chi connectivity index (χ3v) is 5.06. The molecule has 0 unspecified atom stereocenters. The molecule has 2 nitrogen and oxygen atoms in total. The third kappa shape index (κ3) is 2.27. The SMILES string of the molecule is ClCc1nc2cc(I)ccc2n1-c1ccc2c(c1)CCC2. The number of rotatable bonds is 2. The molecule has 0 N–H and O–H groups in total. The summed E-state index contributed by atoms with van der Waals surface area (Å²) in [5.74, 6) is 1.33. The molecule has 0 radical (unpaired) electrons. The number of benzene rings is 2. The summed E-state index contributed by atoms with van der Waals surface area (Å²) in [7, 11) is 0. The van der Waals surface area contributed by atoms with Crippen LogP contribution in [0.1, 0.15) is 23.4 Å². The molecule has 1 aliphatic carbocycles. The topological polar surface area (TPSA) is 17.8 Å². The predicted octanol–water partition coefficient (Wildman–Crippen LogP) is 4.86. The zero-order chi connectivity index (χ0) is 14.4. The maximum absolute atomic E-state index is 6.13. The first-order valence-electron chi connectivity index (χ1n) is 7.11. The minimum Gasteiger partial charge on any atom is -0.295 e. The van der Waals surface area contributed by atoms with Crippen LogP contribution in [0, 0.1) is 3.57 Å². The van der Waals surface area contributed by atoms with E-state index in [1.54, 1.807) is 0 Å². The summed E-state index contributed by atoms with van der Waals surface area (Å²) in [5, 5.41) is 0. The normalized spacial score (nSPS) is 13.8. The van der Waals surface area contributed by atoms with E-state index in [4.69, 9.17) is 11.6 Å². The van der Waals surface area contributed by atoms with Crippen LogP contribution in [0.15, 0.2) is 36.4 Å². The van der Waals surface area contributed by atoms with E-state index < -0.39 is 0 Å². The Morgan fingerprint density at radius 3 is 2.81 bits per heavy atom. The quantitative estimate of drug-likeness (QED) is 0.437. The van der Waals surface area contributed by atoms with Crippen molar-refractivity contribution in [3.05, 3.63) is 56.9 Å². The van der Waals surface area contributed by atoms with Crippen LogP contribution in [0.3, 0.4) is 0 Å². The lowest BCUT2D eigenvalue weighted by molar-refractivity contribution is 0.911. The summed E-state index contributed by atoms with van der Waals surface area (Å²) in [6, 6.07) is 13.1. The van der Waals surface area contributed by atoms with Crippen molar-refractivity contribution in [1.82, 2.24) is 9.55 Å². The smallest absolute Gasteiger partial charge is 0.129 e. The highest BCUT2D eigenvalue weighted by Crippen LogP contribution is 2.28. The van der Waals surface area contributed by atoms with Crippen LogP contribution in [0.5, 0.6) is 0 Å². The van der Waals surface area contributed by atoms with Gasteiger partial charge in [0.2, 0.25) is 0 Å². The lowest BCUT2D eigenvalue weighted by Gasteiger charge is -2.10. The van der Waals surface area contributed by atoms with Gasteiger partial charge in [-0.2, -0.15) is 0 Å². The van der Waals surface area contributed by atoms with Crippen LogP contribution in [-0.2, 0) is 18.7 Å². The van der Waals surface area contributed by atoms with Gasteiger partial charge in [-0.1, -0.05) is 6.07 Å². The molecular formula is C17H14ClIN2. The van der Waals surface area contributed by atoms with E-state index in [1.807, 2.05) is 0 Å². The molecule has 0 saturated heterocycles. The Kier molecular flexibility index (Phi) is 3.42. The standard InChI is InChI=1S/C17H14ClIN2/c18-10-17-20-15-9-13(19)5-7-16(15)21(17)14-6-4-11-2-1-3-12(11)8-14/h4-9H,1-3,10H2. The van der Waals surface area contributed by atoms with Gasteiger partial charge in [-0.15, -0.1) is 11.6 Å². The van der Waals surface area contributed by atoms with Crippen LogP contribution >= 0.6 is 34.2 Å². The van der Waals surface area contributed by atoms with Gasteiger partial charge >= 0.3 is 0 Å². The molecule has 4 rings (SSSR count). The Balaban J connectivity index is 1.96. The highest BCUT2D eigenvalue weighted by atomic mass is 127. The van der Waals surface area contributed by atoms with E-state index in [0.29, 0.717) is 5.88 Å². The predicted molar refractivity (Wildman–Crippen MR) is 95.4 cm³/mol. The fraction of sp³-hybridized carbons (Fsp3) is 0.235. The number of fused-ring (bicyclic) bond motifs is 2. The molecule has 1 aliphatic rings. The monoisotopic (exact) mass is 408 g/mol. The van der Waals surface area contributed by atoms with Gasteiger partial charge in [0.1, 0.15) is 5.82 Å². The fourth-order valence-corrected chi connectivity index (χ4v) is 3.83. The summed E-state index contributed by atoms with van der Waals surface area (Å²) in [4.78, 5) is 4.69. The molecule has 0 aliphatic heterocycles. The average molecular weight is 409 g/mol. The van der Waals surface area contributed by atoms with Gasteiger partial charge in [-0.05, 0) is 83.3 Å². The van der Waals surface area contributed by atoms with Crippen LogP contribution in [0.25, 0.3) is 16.7 Å². The number of alkyl halides is 1. The van der Waals surface area contributed by atoms with Gasteiger partial charge in [-0.3, -0.25) is 4.57 Å². The van der Waals surface area contributed by atoms with Gasteiger partial charge in [0, 0.05) is 9.26 Å². The first kappa shape index (κ1) is 13.6. The molecule has 0 spiro atoms. The summed E-state index contributed by atoms with van der Waals surface area (Å²) in [5.41, 5.74) is 6.28. The van der Waals surface area contributed by atoms with Crippen molar-refractivity contribution in [3.8, 4) is 5.69 Å². The lowest BCUT2D eigenvalue weighted by atomic mass is 10.1. The molecule has 0 atom stereocenters. The number of nitrogens with zero attached hydrogens (tertiary/aromatic N) is 2. The second-order valence-electron chi connectivity index (χ2n) is 5.44. The van der Waals surface area contributed by atoms with Gasteiger partial charge in [0.05, 0.1) is 16.9 Å². The van der Waals surface area contributed by atoms with E-state index in [-0.39, 0.29) is 0 Å². The Morgan fingerprint density at radius 1 is 1.10 bits per heavy atom. The van der Waals surface area contributed by atoms with E-state index in [0.717, 1.165) is 16.9 Å². The number of aryl methyl sites for hydroxylation is 2. The van der Waals surface area contributed by atoms with Crippen LogP contribution in [0.4, 0.5) is 0 Å². The van der Waals surface area contributed by atoms with Crippen molar-refractivity contribution in [1.29, 1.82) is 0 Å². The number of aromatic nitrogens is 2. The molecular weight excluding hydrogens is 395 g/mol. The zero-order valence-electron chi connectivity index (χ0n) is 11.4. The highest BCUT2D eigenvalue weighted by molar-refractivity contribution is 14.1. The van der Waals surface area contributed by atoms with Gasteiger partial charge in [-0.25, -0.2) is 4.98 Å². The first-order valence-corrected chi connectivity index (χ1v) is 8.72. The van der Waals surface area contributed by atoms with Crippen molar-refractivity contribution in [2.45, 2.75) is 25.1 Å². The van der Waals surface area contributed by atoms with Crippen molar-refractivity contribution in [2.24, 2.45) is 0 Å². The Bertz CT molecular complexity index is 838. The maximum atomic E-state index is 6.13. The summed E-state index contributed by atoms with van der Waals surface area (Å²) in [6.45, 7) is 0. The fourth-order valence-electron chi connectivity index (χ4n) is 3.18. The van der Waals surface area contributed by atoms with Crippen LogP contribution < -0.4 is 0 Å². The Labute approximate surface area is 142 Å². The van der Waals surface area contributed by atoms with Crippen LogP contribution in [0.2, 0.25) is 0 Å². The van der Waals surface area contributed by atoms with E-state index in [2.05, 4.69) is 68.5 Å². The molecule has 4 heteroatoms. The van der Waals surface area contributed by atoms with Gasteiger partial charge in [0.25, 0.3) is 0 Å². The van der Waals surface area contributed by atoms with E-state index in [1.165, 1.54) is 39.6 Å². The maximum Gasteiger partial charge on any atom is 0.129 e. The third-order valence-electron chi connectivity index (χ3n) is 4.15. The number of hydrogen-bond donors (Lipinski definition) is 0. The first-order chi connectivity index (χ1) is 10.3. The zero-order valence-corrected chi connectivity index (χ0v) is 14.4. The molecule has 0 fully saturated rings. The summed E-state index contributed by atoms with van der Waals surface area (Å²) in [6.07, 6.45) is 3.66. The molecule has 1 heterocycles. The lowest BCUT2D eigenvalue weighted by Crippen LogP contribution is -2.00. The molecule has 3 aromatic rings. The summed E-state index contributed by atoms with van der Waals surface area (Å²) >= 11 is 8.44. The van der Waals surface area contributed by atoms with Gasteiger partial charge < -0.3 is 0 Å². The Morgan fingerprint density at radius 2 is 1.95 bits per heavy atom. The van der Waals surface area contributed by atoms with Crippen molar-refractivity contribution < 1.29 is 0 Å². The minimum absolute atomic E-state index is 0.419. The molecule has 2 aromatic carbocycles. The number of hydrogen-bond acceptors (Lipinski definition) is 1. The Hall–Kier alpha value is -1.07. The van der Waals surface area contributed by atoms with Crippen molar-refractivity contribution in [2.75, 3.05) is 0 Å². The average Bonchev–Trinajstić information content (AvgIpc) is 3.09. The van der Waals surface area contributed by atoms with Crippen molar-refractivity contribution >= 4 is 45.2 Å². The molecule has 0 amide bonds. The molecule has 0 bridgehead atoms. The van der Waals surface area contributed by atoms with Crippen molar-refractivity contribution in [3.63, 3.8) is 0 Å². The second kappa shape index (κ2) is 5.29. The van der Waals surface area contributed by atoms with Crippen LogP contribution in [-0.4, -0.2) is 9.55 Å². The van der Waals surface area contributed by atoms with E-state index >= 15 is 0 Å². The number of imidazole rings is 1. The largest absolute Gasteiger partial charge is 0.295 e. The molecule has 0 saturated carbocycles. The minimum atomic E-state index is 0.419. The second-order valence-corrected chi connectivity index (χ2v) is 6.95. The summed E-state index contributed by atoms with van der Waals surface area (Å²) < 4.78 is 3.39. The highest BCUT2D eigenvalue weighted by Gasteiger charge is 2.15. The molecule has 21 heavy (non-hydrogen) atoms.